The number of tetrazole rings is 1. The molecule has 2 aromatic rings. The molecule has 0 saturated heterocycles. The van der Waals surface area contributed by atoms with Crippen molar-refractivity contribution in [3.63, 3.8) is 0 Å². The van der Waals surface area contributed by atoms with E-state index in [2.05, 4.69) is 15.5 Å². The van der Waals surface area contributed by atoms with Gasteiger partial charge in [0.05, 0.1) is 11.8 Å². The zero-order valence-electron chi connectivity index (χ0n) is 10.2. The van der Waals surface area contributed by atoms with Crippen molar-refractivity contribution in [3.8, 4) is 11.4 Å². The molecule has 0 saturated carbocycles. The Bertz CT molecular complexity index is 565. The molecule has 0 atom stereocenters. The van der Waals surface area contributed by atoms with E-state index >= 15 is 0 Å². The summed E-state index contributed by atoms with van der Waals surface area (Å²) >= 11 is 0. The Morgan fingerprint density at radius 3 is 2.63 bits per heavy atom. The first-order valence-electron chi connectivity index (χ1n) is 5.50. The molecule has 8 heteroatoms. The van der Waals surface area contributed by atoms with E-state index in [0.29, 0.717) is 10.4 Å². The topological polar surface area (TPSA) is 52.8 Å². The van der Waals surface area contributed by atoms with Crippen LogP contribution in [0.25, 0.3) is 5.69 Å². The average molecular weight is 272 g/mol. The lowest BCUT2D eigenvalue weighted by atomic mass is 10.3. The van der Waals surface area contributed by atoms with Gasteiger partial charge in [-0.15, -0.1) is 5.10 Å². The third-order valence-electron chi connectivity index (χ3n) is 2.16. The number of nitrogens with zero attached hydrogens (tertiary/aromatic N) is 4. The lowest BCUT2D eigenvalue weighted by Gasteiger charge is -2.11. The predicted molar refractivity (Wildman–Crippen MR) is 59.9 cm³/mol. The molecule has 19 heavy (non-hydrogen) atoms. The van der Waals surface area contributed by atoms with Crippen molar-refractivity contribution in [1.29, 1.82) is 0 Å². The Morgan fingerprint density at radius 1 is 1.26 bits per heavy atom. The molecular weight excluding hydrogens is 261 g/mol. The highest BCUT2D eigenvalue weighted by atomic mass is 19.4. The quantitative estimate of drug-likeness (QED) is 0.861. The lowest BCUT2D eigenvalue weighted by Crippen LogP contribution is -2.15. The number of alkyl halides is 3. The summed E-state index contributed by atoms with van der Waals surface area (Å²) in [6, 6.07) is 6.15. The highest BCUT2D eigenvalue weighted by Gasteiger charge is 2.38. The molecule has 0 spiro atoms. The first-order valence-corrected chi connectivity index (χ1v) is 5.50. The normalized spacial score (nSPS) is 11.9. The second-order valence-corrected chi connectivity index (χ2v) is 4.08. The first-order chi connectivity index (χ1) is 8.88. The molecule has 0 bridgehead atoms. The van der Waals surface area contributed by atoms with Gasteiger partial charge in [-0.3, -0.25) is 0 Å². The Morgan fingerprint density at radius 2 is 2.00 bits per heavy atom. The minimum Gasteiger partial charge on any atom is -0.491 e. The molecule has 0 unspecified atom stereocenters. The van der Waals surface area contributed by atoms with Gasteiger partial charge in [-0.25, -0.2) is 0 Å². The number of ether oxygens (including phenoxy) is 1. The van der Waals surface area contributed by atoms with E-state index in [1.807, 2.05) is 13.8 Å². The molecular formula is C11H11F3N4O. The number of hydrogen-bond donors (Lipinski definition) is 0. The number of hydrogen-bond acceptors (Lipinski definition) is 4. The van der Waals surface area contributed by atoms with Crippen molar-refractivity contribution >= 4 is 0 Å². The van der Waals surface area contributed by atoms with Crippen molar-refractivity contribution < 1.29 is 17.9 Å². The van der Waals surface area contributed by atoms with E-state index in [9.17, 15) is 13.2 Å². The van der Waals surface area contributed by atoms with Crippen molar-refractivity contribution in [2.45, 2.75) is 26.1 Å². The van der Waals surface area contributed by atoms with Gasteiger partial charge in [-0.1, -0.05) is 6.07 Å². The summed E-state index contributed by atoms with van der Waals surface area (Å²) in [4.78, 5) is 0. The molecule has 2 rings (SSSR count). The third kappa shape index (κ3) is 3.01. The molecule has 1 aromatic carbocycles. The van der Waals surface area contributed by atoms with E-state index in [1.54, 1.807) is 12.1 Å². The van der Waals surface area contributed by atoms with Crippen LogP contribution in [0.4, 0.5) is 13.2 Å². The van der Waals surface area contributed by atoms with E-state index in [1.165, 1.54) is 12.1 Å². The molecule has 0 aliphatic heterocycles. The highest BCUT2D eigenvalue weighted by Crippen LogP contribution is 2.29. The van der Waals surface area contributed by atoms with Crippen LogP contribution in [-0.2, 0) is 6.18 Å². The van der Waals surface area contributed by atoms with Crippen LogP contribution in [0.15, 0.2) is 24.3 Å². The predicted octanol–water partition coefficient (Wildman–Crippen LogP) is 2.47. The van der Waals surface area contributed by atoms with Crippen LogP contribution >= 0.6 is 0 Å². The molecule has 1 heterocycles. The fourth-order valence-electron chi connectivity index (χ4n) is 1.50. The number of benzene rings is 1. The number of aromatic nitrogens is 4. The molecule has 102 valence electrons. The Hall–Kier alpha value is -2.12. The highest BCUT2D eigenvalue weighted by molar-refractivity contribution is 5.39. The smallest absolute Gasteiger partial charge is 0.453 e. The maximum absolute atomic E-state index is 12.7. The van der Waals surface area contributed by atoms with Gasteiger partial charge in [-0.2, -0.15) is 17.9 Å². The van der Waals surface area contributed by atoms with Crippen LogP contribution < -0.4 is 4.74 Å². The van der Waals surface area contributed by atoms with Gasteiger partial charge in [0.25, 0.3) is 5.82 Å². The molecule has 5 nitrogen and oxygen atoms in total. The van der Waals surface area contributed by atoms with Crippen molar-refractivity contribution in [3.05, 3.63) is 30.1 Å². The summed E-state index contributed by atoms with van der Waals surface area (Å²) in [7, 11) is 0. The van der Waals surface area contributed by atoms with Crippen LogP contribution in [0.5, 0.6) is 5.75 Å². The van der Waals surface area contributed by atoms with E-state index < -0.39 is 12.0 Å². The molecule has 0 fully saturated rings. The van der Waals surface area contributed by atoms with Crippen LogP contribution in [0.1, 0.15) is 19.7 Å². The van der Waals surface area contributed by atoms with Gasteiger partial charge in [0.15, 0.2) is 0 Å². The average Bonchev–Trinajstić information content (AvgIpc) is 2.76. The van der Waals surface area contributed by atoms with Crippen LogP contribution in [0.2, 0.25) is 0 Å². The van der Waals surface area contributed by atoms with Gasteiger partial charge in [0, 0.05) is 6.07 Å². The fourth-order valence-corrected chi connectivity index (χ4v) is 1.50. The fraction of sp³-hybridized carbons (Fsp3) is 0.364. The van der Waals surface area contributed by atoms with Gasteiger partial charge in [-0.05, 0) is 36.4 Å². The second-order valence-electron chi connectivity index (χ2n) is 4.08. The largest absolute Gasteiger partial charge is 0.491 e. The Kier molecular flexibility index (Phi) is 3.41. The standard InChI is InChI=1S/C11H11F3N4O/c1-7(2)19-9-5-3-4-8(6-9)18-10(11(12,13)14)15-16-17-18/h3-7H,1-2H3. The first kappa shape index (κ1) is 13.3. The van der Waals surface area contributed by atoms with E-state index in [0.717, 1.165) is 0 Å². The van der Waals surface area contributed by atoms with E-state index in [-0.39, 0.29) is 11.8 Å². The maximum atomic E-state index is 12.7. The molecule has 0 N–H and O–H groups in total. The maximum Gasteiger partial charge on any atom is 0.453 e. The van der Waals surface area contributed by atoms with Gasteiger partial charge in [0.2, 0.25) is 0 Å². The van der Waals surface area contributed by atoms with Gasteiger partial charge in [0.1, 0.15) is 5.75 Å². The van der Waals surface area contributed by atoms with Crippen molar-refractivity contribution in [1.82, 2.24) is 20.2 Å². The molecule has 0 radical (unpaired) electrons. The lowest BCUT2D eigenvalue weighted by molar-refractivity contribution is -0.146. The summed E-state index contributed by atoms with van der Waals surface area (Å²) in [5.74, 6) is -0.717. The van der Waals surface area contributed by atoms with E-state index in [4.69, 9.17) is 4.74 Å². The second kappa shape index (κ2) is 4.87. The summed E-state index contributed by atoms with van der Waals surface area (Å²) < 4.78 is 44.1. The van der Waals surface area contributed by atoms with Crippen molar-refractivity contribution in [2.75, 3.05) is 0 Å². The zero-order chi connectivity index (χ0) is 14.0. The summed E-state index contributed by atoms with van der Waals surface area (Å²) in [5, 5.41) is 9.40. The minimum atomic E-state index is -4.61. The molecule has 0 aliphatic rings. The Labute approximate surface area is 107 Å². The SMILES string of the molecule is CC(C)Oc1cccc(-n2nnnc2C(F)(F)F)c1. The number of halogens is 3. The number of rotatable bonds is 3. The Balaban J connectivity index is 2.40. The van der Waals surface area contributed by atoms with Crippen LogP contribution in [0.3, 0.4) is 0 Å². The molecule has 1 aromatic heterocycles. The molecule has 0 aliphatic carbocycles. The summed E-state index contributed by atoms with van der Waals surface area (Å²) in [5.41, 5.74) is 0.190. The van der Waals surface area contributed by atoms with Gasteiger partial charge < -0.3 is 4.74 Å². The summed E-state index contributed by atoms with van der Waals surface area (Å²) in [6.45, 7) is 3.65. The minimum absolute atomic E-state index is 0.0776. The van der Waals surface area contributed by atoms with Gasteiger partial charge >= 0.3 is 6.18 Å². The zero-order valence-corrected chi connectivity index (χ0v) is 10.2. The van der Waals surface area contributed by atoms with Crippen molar-refractivity contribution in [2.24, 2.45) is 0 Å². The molecule has 0 amide bonds. The third-order valence-corrected chi connectivity index (χ3v) is 2.16. The summed E-state index contributed by atoms with van der Waals surface area (Å²) in [6.07, 6.45) is -4.69. The monoisotopic (exact) mass is 272 g/mol. The van der Waals surface area contributed by atoms with Crippen LogP contribution in [0, 0.1) is 0 Å². The van der Waals surface area contributed by atoms with Crippen LogP contribution in [-0.4, -0.2) is 26.3 Å².